The topological polar surface area (TPSA) is 105 Å². The molecule has 4 amide bonds. The largest absolute Gasteiger partial charge is 0.488 e. The predicted molar refractivity (Wildman–Crippen MR) is 126 cm³/mol. The van der Waals surface area contributed by atoms with Crippen LogP contribution < -0.4 is 15.8 Å². The maximum absolute atomic E-state index is 13.0. The first-order chi connectivity index (χ1) is 16.0. The number of benzene rings is 2. The lowest BCUT2D eigenvalue weighted by Crippen LogP contribution is -2.53. The average molecular weight is 453 g/mol. The van der Waals surface area contributed by atoms with E-state index in [0.29, 0.717) is 49.6 Å². The minimum absolute atomic E-state index is 0.0615. The van der Waals surface area contributed by atoms with Crippen molar-refractivity contribution in [1.82, 2.24) is 15.1 Å². The van der Waals surface area contributed by atoms with E-state index in [0.717, 1.165) is 24.8 Å². The summed E-state index contributed by atoms with van der Waals surface area (Å²) in [5.74, 6) is -0.216. The first-order valence-corrected chi connectivity index (χ1v) is 11.4. The number of urea groups is 1. The number of primary amides is 1. The van der Waals surface area contributed by atoms with Crippen molar-refractivity contribution in [2.45, 2.75) is 32.8 Å². The number of carbonyl (C=O) groups is 3. The molecule has 1 saturated heterocycles. The summed E-state index contributed by atoms with van der Waals surface area (Å²) in [6.07, 6.45) is 3.20. The maximum Gasteiger partial charge on any atom is 0.317 e. The molecule has 0 bridgehead atoms. The van der Waals surface area contributed by atoms with Crippen LogP contribution in [-0.2, 0) is 6.61 Å². The van der Waals surface area contributed by atoms with Crippen molar-refractivity contribution in [1.29, 1.82) is 0 Å². The number of rotatable bonds is 9. The Morgan fingerprint density at radius 1 is 0.970 bits per heavy atom. The van der Waals surface area contributed by atoms with E-state index in [1.54, 1.807) is 46.2 Å². The van der Waals surface area contributed by atoms with Crippen LogP contribution in [0.25, 0.3) is 0 Å². The Balaban J connectivity index is 1.53. The summed E-state index contributed by atoms with van der Waals surface area (Å²) in [6.45, 7) is 5.03. The van der Waals surface area contributed by atoms with E-state index in [-0.39, 0.29) is 18.5 Å². The van der Waals surface area contributed by atoms with Crippen LogP contribution in [0.4, 0.5) is 4.79 Å². The van der Waals surface area contributed by atoms with Gasteiger partial charge < -0.3 is 25.6 Å². The second kappa shape index (κ2) is 11.9. The number of hydrogen-bond acceptors (Lipinski definition) is 4. The zero-order valence-corrected chi connectivity index (χ0v) is 19.1. The minimum Gasteiger partial charge on any atom is -0.488 e. The van der Waals surface area contributed by atoms with Crippen molar-refractivity contribution in [3.8, 4) is 5.75 Å². The van der Waals surface area contributed by atoms with Crippen LogP contribution in [0.15, 0.2) is 48.5 Å². The number of nitrogens with two attached hydrogens (primary N) is 1. The molecule has 0 aromatic heterocycles. The maximum atomic E-state index is 13.0. The van der Waals surface area contributed by atoms with Crippen LogP contribution in [0.3, 0.4) is 0 Å². The molecule has 0 saturated carbocycles. The van der Waals surface area contributed by atoms with E-state index in [2.05, 4.69) is 12.2 Å². The van der Waals surface area contributed by atoms with Crippen LogP contribution in [-0.4, -0.2) is 60.4 Å². The number of carbonyl (C=O) groups excluding carboxylic acids is 3. The first kappa shape index (κ1) is 24.1. The lowest BCUT2D eigenvalue weighted by atomic mass is 10.1. The van der Waals surface area contributed by atoms with E-state index in [1.165, 1.54) is 0 Å². The SMILES string of the molecule is CCCCCNC(=O)N1CCN(C(=O)c2cccc(COc3ccccc3C(N)=O)c2)CC1. The lowest BCUT2D eigenvalue weighted by Gasteiger charge is -2.34. The highest BCUT2D eigenvalue weighted by molar-refractivity contribution is 5.95. The highest BCUT2D eigenvalue weighted by Gasteiger charge is 2.24. The Bertz CT molecular complexity index is 970. The molecule has 0 unspecified atom stereocenters. The first-order valence-electron chi connectivity index (χ1n) is 11.4. The van der Waals surface area contributed by atoms with Gasteiger partial charge in [0.25, 0.3) is 11.8 Å². The molecule has 1 aliphatic rings. The zero-order chi connectivity index (χ0) is 23.6. The minimum atomic E-state index is -0.552. The molecule has 3 N–H and O–H groups in total. The monoisotopic (exact) mass is 452 g/mol. The van der Waals surface area contributed by atoms with Gasteiger partial charge in [-0.1, -0.05) is 44.0 Å². The number of amides is 4. The molecule has 176 valence electrons. The van der Waals surface area contributed by atoms with Crippen LogP contribution in [0.5, 0.6) is 5.75 Å². The number of nitrogens with one attached hydrogen (secondary N) is 1. The summed E-state index contributed by atoms with van der Waals surface area (Å²) in [4.78, 5) is 40.4. The molecule has 1 heterocycles. The summed E-state index contributed by atoms with van der Waals surface area (Å²) >= 11 is 0. The second-order valence-electron chi connectivity index (χ2n) is 8.07. The van der Waals surface area contributed by atoms with E-state index < -0.39 is 5.91 Å². The molecule has 0 radical (unpaired) electrons. The molecule has 2 aromatic rings. The predicted octanol–water partition coefficient (Wildman–Crippen LogP) is 3.02. The summed E-state index contributed by atoms with van der Waals surface area (Å²) in [5, 5.41) is 2.95. The number of hydrogen-bond donors (Lipinski definition) is 2. The summed E-state index contributed by atoms with van der Waals surface area (Å²) in [5.41, 5.74) is 7.09. The fourth-order valence-corrected chi connectivity index (χ4v) is 3.73. The number of nitrogens with zero attached hydrogens (tertiary/aromatic N) is 2. The summed E-state index contributed by atoms with van der Waals surface area (Å²) in [7, 11) is 0. The van der Waals surface area contributed by atoms with Gasteiger partial charge in [-0.25, -0.2) is 4.79 Å². The van der Waals surface area contributed by atoms with Gasteiger partial charge in [-0.3, -0.25) is 9.59 Å². The van der Waals surface area contributed by atoms with Gasteiger partial charge >= 0.3 is 6.03 Å². The molecular weight excluding hydrogens is 420 g/mol. The van der Waals surface area contributed by atoms with Gasteiger partial charge in [0.05, 0.1) is 5.56 Å². The molecular formula is C25H32N4O4. The van der Waals surface area contributed by atoms with Crippen molar-refractivity contribution >= 4 is 17.8 Å². The van der Waals surface area contributed by atoms with E-state index in [4.69, 9.17) is 10.5 Å². The molecule has 3 rings (SSSR count). The Kier molecular flexibility index (Phi) is 8.69. The van der Waals surface area contributed by atoms with Gasteiger partial charge in [0.15, 0.2) is 0 Å². The average Bonchev–Trinajstić information content (AvgIpc) is 2.85. The molecule has 2 aromatic carbocycles. The van der Waals surface area contributed by atoms with E-state index >= 15 is 0 Å². The zero-order valence-electron chi connectivity index (χ0n) is 19.1. The van der Waals surface area contributed by atoms with E-state index in [1.807, 2.05) is 12.1 Å². The Morgan fingerprint density at radius 2 is 1.70 bits per heavy atom. The smallest absolute Gasteiger partial charge is 0.317 e. The van der Waals surface area contributed by atoms with Gasteiger partial charge in [-0.05, 0) is 36.2 Å². The third-order valence-electron chi connectivity index (χ3n) is 5.63. The standard InChI is InChI=1S/C25H32N4O4/c1-2-3-6-12-27-25(32)29-15-13-28(14-16-29)24(31)20-9-7-8-19(17-20)18-33-22-11-5-4-10-21(22)23(26)30/h4-5,7-11,17H,2-3,6,12-16,18H2,1H3,(H2,26,30)(H,27,32). The van der Waals surface area contributed by atoms with Crippen molar-refractivity contribution in [3.63, 3.8) is 0 Å². The van der Waals surface area contributed by atoms with Crippen molar-refractivity contribution in [2.75, 3.05) is 32.7 Å². The second-order valence-corrected chi connectivity index (χ2v) is 8.07. The highest BCUT2D eigenvalue weighted by atomic mass is 16.5. The Labute approximate surface area is 194 Å². The molecule has 0 aliphatic carbocycles. The summed E-state index contributed by atoms with van der Waals surface area (Å²) < 4.78 is 5.78. The number of ether oxygens (including phenoxy) is 1. The molecule has 1 aliphatic heterocycles. The Morgan fingerprint density at radius 3 is 2.42 bits per heavy atom. The third kappa shape index (κ3) is 6.71. The van der Waals surface area contributed by atoms with Crippen molar-refractivity contribution in [3.05, 3.63) is 65.2 Å². The number of para-hydroxylation sites is 1. The molecule has 0 spiro atoms. The normalized spacial score (nSPS) is 13.5. The van der Waals surface area contributed by atoms with Gasteiger partial charge in [0.2, 0.25) is 0 Å². The van der Waals surface area contributed by atoms with Gasteiger partial charge in [-0.2, -0.15) is 0 Å². The molecule has 8 nitrogen and oxygen atoms in total. The third-order valence-corrected chi connectivity index (χ3v) is 5.63. The highest BCUT2D eigenvalue weighted by Crippen LogP contribution is 2.19. The van der Waals surface area contributed by atoms with Gasteiger partial charge in [0, 0.05) is 38.3 Å². The van der Waals surface area contributed by atoms with Crippen molar-refractivity contribution in [2.24, 2.45) is 5.73 Å². The molecule has 0 atom stereocenters. The van der Waals surface area contributed by atoms with Gasteiger partial charge in [0.1, 0.15) is 12.4 Å². The van der Waals surface area contributed by atoms with Gasteiger partial charge in [-0.15, -0.1) is 0 Å². The molecule has 8 heteroatoms. The van der Waals surface area contributed by atoms with Crippen molar-refractivity contribution < 1.29 is 19.1 Å². The van der Waals surface area contributed by atoms with Crippen LogP contribution in [0, 0.1) is 0 Å². The summed E-state index contributed by atoms with van der Waals surface area (Å²) in [6, 6.07) is 14.0. The molecule has 1 fully saturated rings. The lowest BCUT2D eigenvalue weighted by molar-refractivity contribution is 0.0665. The molecule has 33 heavy (non-hydrogen) atoms. The van der Waals surface area contributed by atoms with Crippen LogP contribution in [0.2, 0.25) is 0 Å². The number of unbranched alkanes of at least 4 members (excludes halogenated alkanes) is 2. The van der Waals surface area contributed by atoms with Crippen LogP contribution >= 0.6 is 0 Å². The number of piperazine rings is 1. The van der Waals surface area contributed by atoms with E-state index in [9.17, 15) is 14.4 Å². The van der Waals surface area contributed by atoms with Crippen LogP contribution in [0.1, 0.15) is 52.5 Å². The fourth-order valence-electron chi connectivity index (χ4n) is 3.73. The quantitative estimate of drug-likeness (QED) is 0.571. The fraction of sp³-hybridized carbons (Fsp3) is 0.400. The Hall–Kier alpha value is -3.55.